The van der Waals surface area contributed by atoms with E-state index >= 15 is 0 Å². The van der Waals surface area contributed by atoms with Gasteiger partial charge in [-0.1, -0.05) is 18.2 Å². The highest BCUT2D eigenvalue weighted by atomic mass is 32.2. The monoisotopic (exact) mass is 321 g/mol. The van der Waals surface area contributed by atoms with E-state index in [4.69, 9.17) is 9.84 Å². The lowest BCUT2D eigenvalue weighted by molar-refractivity contribution is 0.0696. The van der Waals surface area contributed by atoms with Gasteiger partial charge in [0.2, 0.25) is 0 Å². The first-order valence-corrected chi connectivity index (χ1v) is 7.83. The van der Waals surface area contributed by atoms with E-state index in [2.05, 4.69) is 4.72 Å². The van der Waals surface area contributed by atoms with Crippen LogP contribution in [-0.2, 0) is 10.0 Å². The Bertz CT molecular complexity index is 800. The Morgan fingerprint density at radius 1 is 1.18 bits per heavy atom. The number of methoxy groups -OCH3 is 1. The van der Waals surface area contributed by atoms with Gasteiger partial charge in [-0.15, -0.1) is 0 Å². The number of carboxylic acids is 1. The van der Waals surface area contributed by atoms with Gasteiger partial charge < -0.3 is 9.84 Å². The number of ether oxygens (including phenoxy) is 1. The number of carbonyl (C=O) groups is 1. The van der Waals surface area contributed by atoms with Crippen molar-refractivity contribution in [3.8, 4) is 5.75 Å². The van der Waals surface area contributed by atoms with E-state index in [1.165, 1.54) is 13.2 Å². The summed E-state index contributed by atoms with van der Waals surface area (Å²) in [6, 6.07) is 10.8. The van der Waals surface area contributed by atoms with E-state index in [0.717, 1.165) is 6.07 Å². The Kier molecular flexibility index (Phi) is 4.37. The van der Waals surface area contributed by atoms with E-state index in [0.29, 0.717) is 11.3 Å². The SMILES string of the molecule is COc1cc(C)c(C(=O)O)cc1S(=O)(=O)Nc1ccccc1. The van der Waals surface area contributed by atoms with Crippen molar-refractivity contribution >= 4 is 21.7 Å². The minimum atomic E-state index is -3.97. The molecule has 0 fully saturated rings. The zero-order valence-electron chi connectivity index (χ0n) is 12.0. The van der Waals surface area contributed by atoms with Gasteiger partial charge in [0.15, 0.2) is 0 Å². The van der Waals surface area contributed by atoms with E-state index in [1.54, 1.807) is 37.3 Å². The number of carboxylic acid groups (broad SMARTS) is 1. The third-order valence-electron chi connectivity index (χ3n) is 3.06. The second kappa shape index (κ2) is 6.07. The van der Waals surface area contributed by atoms with Crippen LogP contribution >= 0.6 is 0 Å². The summed E-state index contributed by atoms with van der Waals surface area (Å²) in [5, 5.41) is 9.15. The average molecular weight is 321 g/mol. The van der Waals surface area contributed by atoms with E-state index in [1.807, 2.05) is 0 Å². The fraction of sp³-hybridized carbons (Fsp3) is 0.133. The first kappa shape index (κ1) is 15.8. The smallest absolute Gasteiger partial charge is 0.336 e. The van der Waals surface area contributed by atoms with Crippen molar-refractivity contribution < 1.29 is 23.1 Å². The first-order valence-electron chi connectivity index (χ1n) is 6.35. The summed E-state index contributed by atoms with van der Waals surface area (Å²) in [4.78, 5) is 11.0. The molecule has 2 rings (SSSR count). The van der Waals surface area contributed by atoms with E-state index < -0.39 is 16.0 Å². The maximum Gasteiger partial charge on any atom is 0.336 e. The number of sulfonamides is 1. The van der Waals surface area contributed by atoms with Crippen molar-refractivity contribution in [3.63, 3.8) is 0 Å². The number of benzene rings is 2. The molecule has 0 aliphatic rings. The van der Waals surface area contributed by atoms with Crippen LogP contribution in [0.4, 0.5) is 5.69 Å². The Hall–Kier alpha value is -2.54. The number of nitrogens with one attached hydrogen (secondary N) is 1. The van der Waals surface area contributed by atoms with Crippen LogP contribution in [0.25, 0.3) is 0 Å². The molecule has 0 aromatic heterocycles. The lowest BCUT2D eigenvalue weighted by atomic mass is 10.1. The number of para-hydroxylation sites is 1. The van der Waals surface area contributed by atoms with Crippen molar-refractivity contribution in [3.05, 3.63) is 53.6 Å². The summed E-state index contributed by atoms with van der Waals surface area (Å²) in [5.41, 5.74) is 0.708. The van der Waals surface area contributed by atoms with Crippen LogP contribution in [-0.4, -0.2) is 26.6 Å². The molecule has 7 heteroatoms. The van der Waals surface area contributed by atoms with Crippen LogP contribution in [0, 0.1) is 6.92 Å². The Morgan fingerprint density at radius 3 is 2.36 bits per heavy atom. The van der Waals surface area contributed by atoms with E-state index in [9.17, 15) is 13.2 Å². The zero-order chi connectivity index (χ0) is 16.3. The summed E-state index contributed by atoms with van der Waals surface area (Å²) in [6.45, 7) is 1.58. The summed E-state index contributed by atoms with van der Waals surface area (Å²) in [6.07, 6.45) is 0. The average Bonchev–Trinajstić information content (AvgIpc) is 2.46. The number of rotatable bonds is 5. The van der Waals surface area contributed by atoms with Gasteiger partial charge >= 0.3 is 5.97 Å². The van der Waals surface area contributed by atoms with Crippen LogP contribution in [0.1, 0.15) is 15.9 Å². The molecule has 22 heavy (non-hydrogen) atoms. The molecule has 2 aromatic rings. The molecule has 0 aliphatic carbocycles. The molecular weight excluding hydrogens is 306 g/mol. The molecule has 2 aromatic carbocycles. The zero-order valence-corrected chi connectivity index (χ0v) is 12.8. The number of aromatic carboxylic acids is 1. The van der Waals surface area contributed by atoms with Gasteiger partial charge in [0.1, 0.15) is 10.6 Å². The van der Waals surface area contributed by atoms with Gasteiger partial charge in [-0.3, -0.25) is 4.72 Å². The highest BCUT2D eigenvalue weighted by Gasteiger charge is 2.23. The fourth-order valence-electron chi connectivity index (χ4n) is 1.98. The molecule has 0 saturated carbocycles. The van der Waals surface area contributed by atoms with Gasteiger partial charge in [-0.25, -0.2) is 13.2 Å². The normalized spacial score (nSPS) is 11.0. The minimum absolute atomic E-state index is 0.0887. The molecule has 6 nitrogen and oxygen atoms in total. The van der Waals surface area contributed by atoms with Crippen molar-refractivity contribution in [1.82, 2.24) is 0 Å². The highest BCUT2D eigenvalue weighted by Crippen LogP contribution is 2.29. The van der Waals surface area contributed by atoms with Crippen LogP contribution in [0.2, 0.25) is 0 Å². The van der Waals surface area contributed by atoms with Crippen LogP contribution in [0.5, 0.6) is 5.75 Å². The molecule has 0 unspecified atom stereocenters. The van der Waals surface area contributed by atoms with Gasteiger partial charge in [0.05, 0.1) is 12.7 Å². The van der Waals surface area contributed by atoms with Crippen LogP contribution in [0.15, 0.2) is 47.4 Å². The topological polar surface area (TPSA) is 92.7 Å². The van der Waals surface area contributed by atoms with Crippen molar-refractivity contribution in [2.45, 2.75) is 11.8 Å². The predicted octanol–water partition coefficient (Wildman–Crippen LogP) is 2.50. The summed E-state index contributed by atoms with van der Waals surface area (Å²) >= 11 is 0. The number of aryl methyl sites for hydroxylation is 1. The number of hydrogen-bond acceptors (Lipinski definition) is 4. The van der Waals surface area contributed by atoms with Crippen molar-refractivity contribution in [2.75, 3.05) is 11.8 Å². The highest BCUT2D eigenvalue weighted by molar-refractivity contribution is 7.92. The van der Waals surface area contributed by atoms with Gasteiger partial charge in [-0.05, 0) is 36.8 Å². The predicted molar refractivity (Wildman–Crippen MR) is 81.9 cm³/mol. The van der Waals surface area contributed by atoms with Gasteiger partial charge in [0, 0.05) is 5.69 Å². The molecule has 116 valence electrons. The fourth-order valence-corrected chi connectivity index (χ4v) is 3.21. The van der Waals surface area contributed by atoms with E-state index in [-0.39, 0.29) is 16.2 Å². The maximum absolute atomic E-state index is 12.5. The summed E-state index contributed by atoms with van der Waals surface area (Å²) in [5.74, 6) is -1.11. The van der Waals surface area contributed by atoms with Crippen molar-refractivity contribution in [1.29, 1.82) is 0 Å². The lowest BCUT2D eigenvalue weighted by Crippen LogP contribution is -2.15. The molecule has 0 spiro atoms. The van der Waals surface area contributed by atoms with Gasteiger partial charge in [0.25, 0.3) is 10.0 Å². The Balaban J connectivity index is 2.54. The molecular formula is C15H15NO5S. The molecule has 0 heterocycles. The number of anilines is 1. The number of hydrogen-bond donors (Lipinski definition) is 2. The largest absolute Gasteiger partial charge is 0.495 e. The summed E-state index contributed by atoms with van der Waals surface area (Å²) < 4.78 is 32.4. The molecule has 0 amide bonds. The second-order valence-electron chi connectivity index (χ2n) is 4.59. The second-order valence-corrected chi connectivity index (χ2v) is 6.25. The molecule has 0 bridgehead atoms. The standard InChI is InChI=1S/C15H15NO5S/c1-10-8-13(21-2)14(9-12(10)15(17)18)22(19,20)16-11-6-4-3-5-7-11/h3-9,16H,1-2H3,(H,17,18). The summed E-state index contributed by atoms with van der Waals surface area (Å²) in [7, 11) is -2.64. The Labute approximate surface area is 128 Å². The third kappa shape index (κ3) is 3.20. The molecule has 0 aliphatic heterocycles. The van der Waals surface area contributed by atoms with Gasteiger partial charge in [-0.2, -0.15) is 0 Å². The lowest BCUT2D eigenvalue weighted by Gasteiger charge is -2.13. The quantitative estimate of drug-likeness (QED) is 0.882. The van der Waals surface area contributed by atoms with Crippen molar-refractivity contribution in [2.24, 2.45) is 0 Å². The van der Waals surface area contributed by atoms with Crippen LogP contribution < -0.4 is 9.46 Å². The minimum Gasteiger partial charge on any atom is -0.495 e. The van der Waals surface area contributed by atoms with Crippen LogP contribution in [0.3, 0.4) is 0 Å². The molecule has 0 radical (unpaired) electrons. The maximum atomic E-state index is 12.5. The Morgan fingerprint density at radius 2 is 1.82 bits per heavy atom. The molecule has 0 saturated heterocycles. The first-order chi connectivity index (χ1) is 10.3. The third-order valence-corrected chi connectivity index (χ3v) is 4.46. The molecule has 2 N–H and O–H groups in total. The molecule has 0 atom stereocenters.